The van der Waals surface area contributed by atoms with Crippen molar-refractivity contribution in [2.45, 2.75) is 20.3 Å². The van der Waals surface area contributed by atoms with Gasteiger partial charge >= 0.3 is 0 Å². The number of carbonyl (C=O) groups excluding carboxylic acids is 2. The van der Waals surface area contributed by atoms with E-state index >= 15 is 0 Å². The van der Waals surface area contributed by atoms with Crippen LogP contribution in [-0.2, 0) is 0 Å². The van der Waals surface area contributed by atoms with Crippen LogP contribution < -0.4 is 0 Å². The molecule has 0 saturated carbocycles. The molecule has 0 fully saturated rings. The maximum atomic E-state index is 11.8. The molecule has 0 aliphatic rings. The van der Waals surface area contributed by atoms with Crippen LogP contribution in [0.1, 0.15) is 41.1 Å². The first kappa shape index (κ1) is 11.5. The number of hydrogen-bond donors (Lipinski definition) is 0. The summed E-state index contributed by atoms with van der Waals surface area (Å²) in [5.41, 5.74) is 1.61. The number of nitrogens with zero attached hydrogens (tertiary/aromatic N) is 1. The molecule has 1 aromatic carbocycles. The lowest BCUT2D eigenvalue weighted by Crippen LogP contribution is -2.02. The molecule has 86 valence electrons. The van der Waals surface area contributed by atoms with Crippen molar-refractivity contribution < 1.29 is 9.59 Å². The highest BCUT2D eigenvalue weighted by atomic mass is 16.1. The second-order valence-electron chi connectivity index (χ2n) is 3.91. The van der Waals surface area contributed by atoms with Crippen LogP contribution in [0.15, 0.2) is 30.3 Å². The number of hydrogen-bond acceptors (Lipinski definition) is 3. The number of pyridine rings is 1. The summed E-state index contributed by atoms with van der Waals surface area (Å²) in [6, 6.07) is 8.99. The molecule has 0 aliphatic heterocycles. The van der Waals surface area contributed by atoms with E-state index in [9.17, 15) is 9.59 Å². The molecule has 0 N–H and O–H groups in total. The monoisotopic (exact) mass is 227 g/mol. The van der Waals surface area contributed by atoms with E-state index in [0.29, 0.717) is 23.2 Å². The largest absolute Gasteiger partial charge is 0.294 e. The number of benzene rings is 1. The van der Waals surface area contributed by atoms with E-state index in [1.165, 1.54) is 6.92 Å². The van der Waals surface area contributed by atoms with Crippen molar-refractivity contribution >= 4 is 22.5 Å². The summed E-state index contributed by atoms with van der Waals surface area (Å²) in [4.78, 5) is 27.3. The lowest BCUT2D eigenvalue weighted by Gasteiger charge is -2.04. The molecule has 0 spiro atoms. The lowest BCUT2D eigenvalue weighted by atomic mass is 10.0. The summed E-state index contributed by atoms with van der Waals surface area (Å²) in [7, 11) is 0. The van der Waals surface area contributed by atoms with Crippen molar-refractivity contribution in [2.24, 2.45) is 0 Å². The Bertz CT molecular complexity index is 602. The molecule has 2 rings (SSSR count). The fourth-order valence-corrected chi connectivity index (χ4v) is 1.76. The van der Waals surface area contributed by atoms with Crippen LogP contribution in [0.2, 0.25) is 0 Å². The molecule has 0 saturated heterocycles. The highest BCUT2D eigenvalue weighted by molar-refractivity contribution is 6.07. The third-order valence-electron chi connectivity index (χ3n) is 2.70. The van der Waals surface area contributed by atoms with Crippen LogP contribution in [0.25, 0.3) is 10.9 Å². The molecule has 1 aromatic heterocycles. The van der Waals surface area contributed by atoms with Crippen LogP contribution in [0.5, 0.6) is 0 Å². The molecule has 2 aromatic rings. The molecule has 17 heavy (non-hydrogen) atoms. The Morgan fingerprint density at radius 1 is 1.18 bits per heavy atom. The Morgan fingerprint density at radius 2 is 1.94 bits per heavy atom. The lowest BCUT2D eigenvalue weighted by molar-refractivity contribution is 0.0985. The van der Waals surface area contributed by atoms with Crippen molar-refractivity contribution in [3.8, 4) is 0 Å². The Kier molecular flexibility index (Phi) is 3.00. The molecular weight excluding hydrogens is 214 g/mol. The van der Waals surface area contributed by atoms with Crippen molar-refractivity contribution in [3.63, 3.8) is 0 Å². The summed E-state index contributed by atoms with van der Waals surface area (Å²) < 4.78 is 0. The molecule has 3 nitrogen and oxygen atoms in total. The van der Waals surface area contributed by atoms with Crippen molar-refractivity contribution in [2.75, 3.05) is 0 Å². The number of rotatable bonds is 3. The quantitative estimate of drug-likeness (QED) is 0.757. The van der Waals surface area contributed by atoms with E-state index in [0.717, 1.165) is 5.39 Å². The molecule has 0 unspecified atom stereocenters. The number of aromatic nitrogens is 1. The highest BCUT2D eigenvalue weighted by Crippen LogP contribution is 2.19. The Balaban J connectivity index is 2.72. The zero-order chi connectivity index (χ0) is 12.4. The predicted molar refractivity (Wildman–Crippen MR) is 66.4 cm³/mol. The van der Waals surface area contributed by atoms with E-state index in [4.69, 9.17) is 0 Å². The minimum atomic E-state index is -0.0920. The standard InChI is InChI=1S/C14H13NO2/c1-3-13(17)11-6-4-5-10-7-8-12(9(2)16)15-14(10)11/h4-8H,3H2,1-2H3. The van der Waals surface area contributed by atoms with Gasteiger partial charge in [0.2, 0.25) is 0 Å². The molecule has 0 aliphatic carbocycles. The zero-order valence-electron chi connectivity index (χ0n) is 9.86. The smallest absolute Gasteiger partial charge is 0.178 e. The number of Topliss-reactive ketones (excluding diaryl/α,β-unsaturated/α-hetero) is 2. The number of para-hydroxylation sites is 1. The van der Waals surface area contributed by atoms with Gasteiger partial charge in [-0.15, -0.1) is 0 Å². The minimum Gasteiger partial charge on any atom is -0.294 e. The Hall–Kier alpha value is -2.03. The van der Waals surface area contributed by atoms with Crippen LogP contribution in [0.4, 0.5) is 0 Å². The van der Waals surface area contributed by atoms with E-state index in [2.05, 4.69) is 4.98 Å². The van der Waals surface area contributed by atoms with E-state index in [1.54, 1.807) is 12.1 Å². The fraction of sp³-hybridized carbons (Fsp3) is 0.214. The third-order valence-corrected chi connectivity index (χ3v) is 2.70. The summed E-state index contributed by atoms with van der Waals surface area (Å²) in [5.74, 6) is -0.0468. The van der Waals surface area contributed by atoms with Gasteiger partial charge in [0.25, 0.3) is 0 Å². The van der Waals surface area contributed by atoms with Gasteiger partial charge in [-0.3, -0.25) is 9.59 Å². The zero-order valence-corrected chi connectivity index (χ0v) is 9.86. The SMILES string of the molecule is CCC(=O)c1cccc2ccc(C(C)=O)nc12. The van der Waals surface area contributed by atoms with Gasteiger partial charge in [-0.1, -0.05) is 25.1 Å². The molecule has 1 heterocycles. The summed E-state index contributed by atoms with van der Waals surface area (Å²) in [6.07, 6.45) is 0.436. The second kappa shape index (κ2) is 4.45. The maximum Gasteiger partial charge on any atom is 0.178 e. The van der Waals surface area contributed by atoms with Gasteiger partial charge in [-0.05, 0) is 12.1 Å². The van der Waals surface area contributed by atoms with Gasteiger partial charge in [-0.25, -0.2) is 4.98 Å². The first-order chi connectivity index (χ1) is 8.13. The minimum absolute atomic E-state index is 0.0452. The van der Waals surface area contributed by atoms with Crippen molar-refractivity contribution in [1.29, 1.82) is 0 Å². The Labute approximate surface area is 99.5 Å². The second-order valence-corrected chi connectivity index (χ2v) is 3.91. The van der Waals surface area contributed by atoms with Gasteiger partial charge in [0.05, 0.1) is 5.52 Å². The first-order valence-corrected chi connectivity index (χ1v) is 5.57. The van der Waals surface area contributed by atoms with Crippen LogP contribution in [0.3, 0.4) is 0 Å². The van der Waals surface area contributed by atoms with Gasteiger partial charge < -0.3 is 0 Å². The van der Waals surface area contributed by atoms with Gasteiger partial charge in [0.1, 0.15) is 5.69 Å². The average molecular weight is 227 g/mol. The van der Waals surface area contributed by atoms with Crippen LogP contribution >= 0.6 is 0 Å². The summed E-state index contributed by atoms with van der Waals surface area (Å²) >= 11 is 0. The highest BCUT2D eigenvalue weighted by Gasteiger charge is 2.10. The van der Waals surface area contributed by atoms with Gasteiger partial charge in [0, 0.05) is 24.3 Å². The van der Waals surface area contributed by atoms with Crippen LogP contribution in [-0.4, -0.2) is 16.6 Å². The summed E-state index contributed by atoms with van der Waals surface area (Å²) in [6.45, 7) is 3.29. The molecule has 3 heteroatoms. The fourth-order valence-electron chi connectivity index (χ4n) is 1.76. The first-order valence-electron chi connectivity index (χ1n) is 5.57. The van der Waals surface area contributed by atoms with E-state index in [-0.39, 0.29) is 11.6 Å². The molecule has 0 amide bonds. The van der Waals surface area contributed by atoms with Crippen molar-refractivity contribution in [3.05, 3.63) is 41.6 Å². The number of carbonyl (C=O) groups is 2. The number of fused-ring (bicyclic) bond motifs is 1. The van der Waals surface area contributed by atoms with E-state index < -0.39 is 0 Å². The molecular formula is C14H13NO2. The normalized spacial score (nSPS) is 10.5. The maximum absolute atomic E-state index is 11.8. The topological polar surface area (TPSA) is 47.0 Å². The molecule has 0 atom stereocenters. The van der Waals surface area contributed by atoms with E-state index in [1.807, 2.05) is 25.1 Å². The summed E-state index contributed by atoms with van der Waals surface area (Å²) in [5, 5.41) is 0.884. The molecule has 0 bridgehead atoms. The third kappa shape index (κ3) is 2.09. The van der Waals surface area contributed by atoms with Gasteiger partial charge in [0.15, 0.2) is 11.6 Å². The predicted octanol–water partition coefficient (Wildman–Crippen LogP) is 3.03. The average Bonchev–Trinajstić information content (AvgIpc) is 2.36. The van der Waals surface area contributed by atoms with Crippen molar-refractivity contribution in [1.82, 2.24) is 4.98 Å². The van der Waals surface area contributed by atoms with Crippen LogP contribution in [0, 0.1) is 0 Å². The number of ketones is 2. The van der Waals surface area contributed by atoms with Gasteiger partial charge in [-0.2, -0.15) is 0 Å². The molecule has 0 radical (unpaired) electrons. The Morgan fingerprint density at radius 3 is 2.59 bits per heavy atom.